The smallest absolute Gasteiger partial charge is 0.229 e. The molecule has 2 aromatic rings. The van der Waals surface area contributed by atoms with Gasteiger partial charge in [-0.1, -0.05) is 56.3 Å². The molecule has 2 unspecified atom stereocenters. The first kappa shape index (κ1) is 17.2. The molecule has 0 saturated carbocycles. The Labute approximate surface area is 138 Å². The van der Waals surface area contributed by atoms with Crippen molar-refractivity contribution in [3.05, 3.63) is 65.7 Å². The van der Waals surface area contributed by atoms with Crippen molar-refractivity contribution < 1.29 is 4.79 Å². The predicted octanol–water partition coefficient (Wildman–Crippen LogP) is 3.07. The van der Waals surface area contributed by atoms with Crippen LogP contribution in [0.3, 0.4) is 0 Å². The Balaban J connectivity index is 2.00. The van der Waals surface area contributed by atoms with Crippen molar-refractivity contribution in [1.82, 2.24) is 5.32 Å². The van der Waals surface area contributed by atoms with Crippen LogP contribution in [0.1, 0.15) is 31.0 Å². The summed E-state index contributed by atoms with van der Waals surface area (Å²) in [4.78, 5) is 12.4. The number of rotatable bonds is 7. The summed E-state index contributed by atoms with van der Waals surface area (Å²) in [5.74, 6) is -0.378. The Hall–Kier alpha value is -2.17. The summed E-state index contributed by atoms with van der Waals surface area (Å²) in [6.07, 6.45) is 0. The fraction of sp³-hybridized carbons (Fsp3) is 0.316. The maximum Gasteiger partial charge on any atom is 0.229 e. The monoisotopic (exact) mass is 311 g/mol. The fourth-order valence-corrected chi connectivity index (χ4v) is 2.41. The third-order valence-electron chi connectivity index (χ3n) is 3.91. The van der Waals surface area contributed by atoms with Gasteiger partial charge in [0.1, 0.15) is 0 Å². The lowest BCUT2D eigenvalue weighted by atomic mass is 9.94. The summed E-state index contributed by atoms with van der Waals surface area (Å²) in [5.41, 5.74) is 9.13. The van der Waals surface area contributed by atoms with Crippen LogP contribution in [0.15, 0.2) is 54.6 Å². The standard InChI is InChI=1S/C19H25N3O/c1-3-21-13-15-8-7-11-17(12-15)22-19(23)14(2)18(20)16-9-5-4-6-10-16/h4-12,14,18,21H,3,13,20H2,1-2H3,(H,22,23). The SMILES string of the molecule is CCNCc1cccc(NC(=O)C(C)C(N)c2ccccc2)c1. The van der Waals surface area contributed by atoms with Gasteiger partial charge in [0.2, 0.25) is 5.91 Å². The van der Waals surface area contributed by atoms with E-state index in [-0.39, 0.29) is 17.9 Å². The summed E-state index contributed by atoms with van der Waals surface area (Å²) in [6, 6.07) is 17.3. The number of carbonyl (C=O) groups is 1. The van der Waals surface area contributed by atoms with Crippen LogP contribution in [-0.4, -0.2) is 12.5 Å². The maximum atomic E-state index is 12.4. The van der Waals surface area contributed by atoms with E-state index in [2.05, 4.69) is 17.6 Å². The molecule has 1 amide bonds. The molecule has 2 rings (SSSR count). The first-order valence-electron chi connectivity index (χ1n) is 8.03. The first-order chi connectivity index (χ1) is 11.1. The second-order valence-corrected chi connectivity index (χ2v) is 5.70. The van der Waals surface area contributed by atoms with Gasteiger partial charge in [0.25, 0.3) is 0 Å². The second kappa shape index (κ2) is 8.46. The van der Waals surface area contributed by atoms with E-state index in [0.717, 1.165) is 29.9 Å². The average molecular weight is 311 g/mol. The second-order valence-electron chi connectivity index (χ2n) is 5.70. The van der Waals surface area contributed by atoms with Crippen molar-refractivity contribution in [2.24, 2.45) is 11.7 Å². The van der Waals surface area contributed by atoms with E-state index in [1.54, 1.807) is 0 Å². The zero-order valence-electron chi connectivity index (χ0n) is 13.8. The van der Waals surface area contributed by atoms with Crippen LogP contribution in [0.25, 0.3) is 0 Å². The van der Waals surface area contributed by atoms with Gasteiger partial charge in [-0.3, -0.25) is 4.79 Å². The number of anilines is 1. The fourth-order valence-electron chi connectivity index (χ4n) is 2.41. The first-order valence-corrected chi connectivity index (χ1v) is 8.03. The molecule has 0 fully saturated rings. The average Bonchev–Trinajstić information content (AvgIpc) is 2.59. The van der Waals surface area contributed by atoms with Gasteiger partial charge in [-0.15, -0.1) is 0 Å². The van der Waals surface area contributed by atoms with E-state index in [9.17, 15) is 4.79 Å². The van der Waals surface area contributed by atoms with Crippen LogP contribution in [-0.2, 0) is 11.3 Å². The van der Waals surface area contributed by atoms with Crippen LogP contribution in [0.5, 0.6) is 0 Å². The lowest BCUT2D eigenvalue weighted by Gasteiger charge is -2.20. The third kappa shape index (κ3) is 4.91. The molecule has 0 heterocycles. The highest BCUT2D eigenvalue weighted by Crippen LogP contribution is 2.21. The molecule has 4 N–H and O–H groups in total. The van der Waals surface area contributed by atoms with E-state index >= 15 is 0 Å². The molecule has 0 aromatic heterocycles. The van der Waals surface area contributed by atoms with Crippen molar-refractivity contribution >= 4 is 11.6 Å². The van der Waals surface area contributed by atoms with E-state index in [0.29, 0.717) is 0 Å². The molecule has 0 radical (unpaired) electrons. The minimum Gasteiger partial charge on any atom is -0.326 e. The van der Waals surface area contributed by atoms with Crippen molar-refractivity contribution in [1.29, 1.82) is 0 Å². The Bertz CT molecular complexity index is 628. The summed E-state index contributed by atoms with van der Waals surface area (Å²) < 4.78 is 0. The van der Waals surface area contributed by atoms with Crippen LogP contribution in [0, 0.1) is 5.92 Å². The number of nitrogens with one attached hydrogen (secondary N) is 2. The summed E-state index contributed by atoms with van der Waals surface area (Å²) in [6.45, 7) is 5.63. The van der Waals surface area contributed by atoms with Gasteiger partial charge in [0.05, 0.1) is 5.92 Å². The quantitative estimate of drug-likeness (QED) is 0.736. The normalized spacial score (nSPS) is 13.3. The maximum absolute atomic E-state index is 12.4. The zero-order chi connectivity index (χ0) is 16.7. The third-order valence-corrected chi connectivity index (χ3v) is 3.91. The Morgan fingerprint density at radius 2 is 1.87 bits per heavy atom. The lowest BCUT2D eigenvalue weighted by Crippen LogP contribution is -2.30. The zero-order valence-corrected chi connectivity index (χ0v) is 13.8. The largest absolute Gasteiger partial charge is 0.326 e. The van der Waals surface area contributed by atoms with E-state index in [1.807, 2.05) is 61.5 Å². The molecule has 2 atom stereocenters. The van der Waals surface area contributed by atoms with Crippen LogP contribution in [0.2, 0.25) is 0 Å². The molecule has 0 bridgehead atoms. The number of carbonyl (C=O) groups excluding carboxylic acids is 1. The van der Waals surface area contributed by atoms with E-state index < -0.39 is 0 Å². The van der Waals surface area contributed by atoms with Crippen molar-refractivity contribution in [2.45, 2.75) is 26.4 Å². The summed E-state index contributed by atoms with van der Waals surface area (Å²) >= 11 is 0. The van der Waals surface area contributed by atoms with Crippen LogP contribution < -0.4 is 16.4 Å². The molecule has 4 nitrogen and oxygen atoms in total. The van der Waals surface area contributed by atoms with Gasteiger partial charge >= 0.3 is 0 Å². The molecular formula is C19H25N3O. The lowest BCUT2D eigenvalue weighted by molar-refractivity contribution is -0.120. The van der Waals surface area contributed by atoms with Crippen LogP contribution in [0.4, 0.5) is 5.69 Å². The van der Waals surface area contributed by atoms with Crippen LogP contribution >= 0.6 is 0 Å². The molecule has 122 valence electrons. The van der Waals surface area contributed by atoms with Crippen molar-refractivity contribution in [2.75, 3.05) is 11.9 Å². The van der Waals surface area contributed by atoms with Crippen molar-refractivity contribution in [3.63, 3.8) is 0 Å². The van der Waals surface area contributed by atoms with Gasteiger partial charge in [0, 0.05) is 18.3 Å². The highest BCUT2D eigenvalue weighted by Gasteiger charge is 2.22. The van der Waals surface area contributed by atoms with E-state index in [1.165, 1.54) is 0 Å². The van der Waals surface area contributed by atoms with Gasteiger partial charge < -0.3 is 16.4 Å². The topological polar surface area (TPSA) is 67.1 Å². The molecule has 0 spiro atoms. The summed E-state index contributed by atoms with van der Waals surface area (Å²) in [7, 11) is 0. The Kier molecular flexibility index (Phi) is 6.32. The van der Waals surface area contributed by atoms with Crippen molar-refractivity contribution in [3.8, 4) is 0 Å². The van der Waals surface area contributed by atoms with Gasteiger partial charge in [-0.25, -0.2) is 0 Å². The van der Waals surface area contributed by atoms with E-state index in [4.69, 9.17) is 5.73 Å². The Morgan fingerprint density at radius 1 is 1.13 bits per heavy atom. The number of amides is 1. The number of nitrogens with two attached hydrogens (primary N) is 1. The number of benzene rings is 2. The molecule has 0 aliphatic rings. The number of hydrogen-bond donors (Lipinski definition) is 3. The highest BCUT2D eigenvalue weighted by atomic mass is 16.1. The molecule has 4 heteroatoms. The number of hydrogen-bond acceptors (Lipinski definition) is 3. The highest BCUT2D eigenvalue weighted by molar-refractivity contribution is 5.92. The van der Waals surface area contributed by atoms with Gasteiger partial charge in [-0.05, 0) is 29.8 Å². The molecular weight excluding hydrogens is 286 g/mol. The molecule has 0 aliphatic carbocycles. The predicted molar refractivity (Wildman–Crippen MR) is 95.0 cm³/mol. The van der Waals surface area contributed by atoms with Gasteiger partial charge in [-0.2, -0.15) is 0 Å². The minimum absolute atomic E-state index is 0.0676. The summed E-state index contributed by atoms with van der Waals surface area (Å²) in [5, 5.41) is 6.24. The molecule has 2 aromatic carbocycles. The molecule has 0 aliphatic heterocycles. The Morgan fingerprint density at radius 3 is 2.57 bits per heavy atom. The molecule has 23 heavy (non-hydrogen) atoms. The van der Waals surface area contributed by atoms with Gasteiger partial charge in [0.15, 0.2) is 0 Å². The minimum atomic E-state index is -0.318. The molecule has 0 saturated heterocycles.